The Labute approximate surface area is 164 Å². The van der Waals surface area contributed by atoms with Gasteiger partial charge in [-0.25, -0.2) is 4.79 Å². The number of carbonyl (C=O) groups is 2. The summed E-state index contributed by atoms with van der Waals surface area (Å²) in [5.41, 5.74) is 4.55. The molecular weight excluding hydrogens is 350 g/mol. The molecule has 4 heteroatoms. The molecule has 1 atom stereocenters. The van der Waals surface area contributed by atoms with Crippen molar-refractivity contribution in [2.45, 2.75) is 19.5 Å². The van der Waals surface area contributed by atoms with Gasteiger partial charge in [-0.05, 0) is 29.2 Å². The Morgan fingerprint density at radius 1 is 0.929 bits per heavy atom. The van der Waals surface area contributed by atoms with Gasteiger partial charge in [-0.2, -0.15) is 0 Å². The van der Waals surface area contributed by atoms with Crippen molar-refractivity contribution in [3.8, 4) is 11.1 Å². The van der Waals surface area contributed by atoms with E-state index in [2.05, 4.69) is 0 Å². The number of cyclic esters (lactones) is 1. The summed E-state index contributed by atoms with van der Waals surface area (Å²) < 4.78 is 5.35. The minimum Gasteiger partial charge on any atom is -0.447 e. The quantitative estimate of drug-likeness (QED) is 0.576. The lowest BCUT2D eigenvalue weighted by molar-refractivity contribution is 0.101. The molecule has 1 amide bonds. The molecule has 0 saturated carbocycles. The van der Waals surface area contributed by atoms with Crippen molar-refractivity contribution in [3.05, 3.63) is 95.6 Å². The first kappa shape index (κ1) is 18.0. The first-order valence-corrected chi connectivity index (χ1v) is 9.31. The van der Waals surface area contributed by atoms with E-state index in [1.807, 2.05) is 78.9 Å². The van der Waals surface area contributed by atoms with Gasteiger partial charge in [-0.1, -0.05) is 78.9 Å². The van der Waals surface area contributed by atoms with Crippen molar-refractivity contribution in [2.24, 2.45) is 0 Å². The van der Waals surface area contributed by atoms with Crippen LogP contribution in [0.1, 0.15) is 34.5 Å². The molecule has 0 spiro atoms. The molecule has 0 aliphatic carbocycles. The molecule has 140 valence electrons. The van der Waals surface area contributed by atoms with Crippen molar-refractivity contribution >= 4 is 11.9 Å². The van der Waals surface area contributed by atoms with Gasteiger partial charge < -0.3 is 4.74 Å². The molecule has 1 fully saturated rings. The molecule has 4 nitrogen and oxygen atoms in total. The second-order valence-electron chi connectivity index (χ2n) is 6.89. The highest BCUT2D eigenvalue weighted by Crippen LogP contribution is 2.33. The molecule has 28 heavy (non-hydrogen) atoms. The normalized spacial score (nSPS) is 16.1. The summed E-state index contributed by atoms with van der Waals surface area (Å²) in [4.78, 5) is 26.3. The number of nitrogens with zero attached hydrogens (tertiary/aromatic N) is 1. The fraction of sp³-hybridized carbons (Fsp3) is 0.167. The van der Waals surface area contributed by atoms with Crippen LogP contribution in [-0.4, -0.2) is 23.4 Å². The summed E-state index contributed by atoms with van der Waals surface area (Å²) >= 11 is 0. The third-order valence-electron chi connectivity index (χ3n) is 5.11. The van der Waals surface area contributed by atoms with Crippen molar-refractivity contribution in [2.75, 3.05) is 6.61 Å². The average Bonchev–Trinajstić information content (AvgIpc) is 3.09. The van der Waals surface area contributed by atoms with Gasteiger partial charge in [0.15, 0.2) is 5.78 Å². The zero-order chi connectivity index (χ0) is 19.5. The molecule has 1 aliphatic rings. The zero-order valence-corrected chi connectivity index (χ0v) is 15.7. The van der Waals surface area contributed by atoms with E-state index in [1.54, 1.807) is 11.8 Å². The van der Waals surface area contributed by atoms with Crippen LogP contribution in [0, 0.1) is 0 Å². The van der Waals surface area contributed by atoms with Crippen LogP contribution < -0.4 is 0 Å². The number of benzene rings is 3. The topological polar surface area (TPSA) is 46.6 Å². The molecule has 0 N–H and O–H groups in total. The minimum absolute atomic E-state index is 0.0214. The maximum absolute atomic E-state index is 12.4. The fourth-order valence-electron chi connectivity index (χ4n) is 3.71. The Bertz CT molecular complexity index is 1010. The highest BCUT2D eigenvalue weighted by molar-refractivity contribution is 6.01. The summed E-state index contributed by atoms with van der Waals surface area (Å²) in [5.74, 6) is 0.0214. The Kier molecular flexibility index (Phi) is 4.94. The lowest BCUT2D eigenvalue weighted by Crippen LogP contribution is -2.27. The molecule has 1 aliphatic heterocycles. The summed E-state index contributed by atoms with van der Waals surface area (Å²) in [5, 5.41) is 0. The molecule has 0 aromatic heterocycles. The van der Waals surface area contributed by atoms with Crippen LogP contribution in [-0.2, 0) is 11.3 Å². The zero-order valence-electron chi connectivity index (χ0n) is 15.7. The van der Waals surface area contributed by atoms with Gasteiger partial charge in [-0.3, -0.25) is 9.69 Å². The molecule has 1 heterocycles. The predicted octanol–water partition coefficient (Wildman–Crippen LogP) is 5.25. The highest BCUT2D eigenvalue weighted by atomic mass is 16.6. The number of Topliss-reactive ketones (excluding diaryl/α,β-unsaturated/α-hetero) is 1. The van der Waals surface area contributed by atoms with E-state index >= 15 is 0 Å². The number of carbonyl (C=O) groups excluding carboxylic acids is 2. The molecule has 1 saturated heterocycles. The van der Waals surface area contributed by atoms with Crippen molar-refractivity contribution in [1.82, 2.24) is 4.90 Å². The average molecular weight is 371 g/mol. The van der Waals surface area contributed by atoms with Crippen LogP contribution in [0.4, 0.5) is 4.79 Å². The number of hydrogen-bond donors (Lipinski definition) is 0. The first-order valence-electron chi connectivity index (χ1n) is 9.31. The van der Waals surface area contributed by atoms with E-state index in [1.165, 1.54) is 0 Å². The third kappa shape index (κ3) is 3.41. The van der Waals surface area contributed by atoms with Crippen molar-refractivity contribution < 1.29 is 14.3 Å². The number of rotatable bonds is 5. The first-order chi connectivity index (χ1) is 13.6. The van der Waals surface area contributed by atoms with Gasteiger partial charge in [0, 0.05) is 5.56 Å². The standard InChI is InChI=1S/C24H21NO3/c1-17(26)20-12-7-8-14-22(20)21-13-6-5-11-19(21)15-25-23(16-28-24(25)27)18-9-3-2-4-10-18/h2-14,23H,15-16H2,1H3/t23-/m0/s1. The van der Waals surface area contributed by atoms with E-state index in [9.17, 15) is 9.59 Å². The SMILES string of the molecule is CC(=O)c1ccccc1-c1ccccc1CN1C(=O)OC[C@H]1c1ccccc1. The molecular formula is C24H21NO3. The van der Waals surface area contributed by atoms with E-state index in [4.69, 9.17) is 4.74 Å². The van der Waals surface area contributed by atoms with Gasteiger partial charge in [0.05, 0.1) is 12.6 Å². The van der Waals surface area contributed by atoms with E-state index in [0.717, 1.165) is 22.3 Å². The van der Waals surface area contributed by atoms with Gasteiger partial charge in [0.25, 0.3) is 0 Å². The second kappa shape index (κ2) is 7.69. The predicted molar refractivity (Wildman–Crippen MR) is 108 cm³/mol. The number of ether oxygens (including phenoxy) is 1. The van der Waals surface area contributed by atoms with Gasteiger partial charge in [0.2, 0.25) is 0 Å². The van der Waals surface area contributed by atoms with Crippen molar-refractivity contribution in [3.63, 3.8) is 0 Å². The summed E-state index contributed by atoms with van der Waals surface area (Å²) in [6, 6.07) is 25.3. The monoisotopic (exact) mass is 371 g/mol. The minimum atomic E-state index is -0.316. The second-order valence-corrected chi connectivity index (χ2v) is 6.89. The Morgan fingerprint density at radius 2 is 1.57 bits per heavy atom. The lowest BCUT2D eigenvalue weighted by Gasteiger charge is -2.23. The van der Waals surface area contributed by atoms with Gasteiger partial charge >= 0.3 is 6.09 Å². The Hall–Kier alpha value is -3.40. The van der Waals surface area contributed by atoms with Gasteiger partial charge in [0.1, 0.15) is 6.61 Å². The molecule has 0 radical (unpaired) electrons. The maximum Gasteiger partial charge on any atom is 0.410 e. The van der Waals surface area contributed by atoms with E-state index < -0.39 is 0 Å². The van der Waals surface area contributed by atoms with Crippen LogP contribution in [0.2, 0.25) is 0 Å². The lowest BCUT2D eigenvalue weighted by atomic mass is 9.93. The third-order valence-corrected chi connectivity index (χ3v) is 5.11. The molecule has 0 bridgehead atoms. The molecule has 0 unspecified atom stereocenters. The highest BCUT2D eigenvalue weighted by Gasteiger charge is 2.34. The number of ketones is 1. The largest absolute Gasteiger partial charge is 0.447 e. The maximum atomic E-state index is 12.4. The van der Waals surface area contributed by atoms with Crippen LogP contribution in [0.5, 0.6) is 0 Å². The molecule has 3 aromatic rings. The van der Waals surface area contributed by atoms with E-state index in [0.29, 0.717) is 18.7 Å². The van der Waals surface area contributed by atoms with E-state index in [-0.39, 0.29) is 17.9 Å². The summed E-state index contributed by atoms with van der Waals surface area (Å²) in [6.07, 6.45) is -0.316. The van der Waals surface area contributed by atoms with Crippen LogP contribution in [0.3, 0.4) is 0 Å². The Balaban J connectivity index is 1.72. The molecule has 4 rings (SSSR count). The van der Waals surface area contributed by atoms with Crippen LogP contribution in [0.25, 0.3) is 11.1 Å². The smallest absolute Gasteiger partial charge is 0.410 e. The summed E-state index contributed by atoms with van der Waals surface area (Å²) in [7, 11) is 0. The summed E-state index contributed by atoms with van der Waals surface area (Å²) in [6.45, 7) is 2.33. The van der Waals surface area contributed by atoms with Crippen molar-refractivity contribution in [1.29, 1.82) is 0 Å². The molecule has 3 aromatic carbocycles. The number of hydrogen-bond acceptors (Lipinski definition) is 3. The number of amides is 1. The van der Waals surface area contributed by atoms with Crippen LogP contribution in [0.15, 0.2) is 78.9 Å². The fourth-order valence-corrected chi connectivity index (χ4v) is 3.71. The van der Waals surface area contributed by atoms with Crippen LogP contribution >= 0.6 is 0 Å². The Morgan fingerprint density at radius 3 is 2.32 bits per heavy atom. The van der Waals surface area contributed by atoms with Gasteiger partial charge in [-0.15, -0.1) is 0 Å².